The number of benzene rings is 4. The van der Waals surface area contributed by atoms with Crippen LogP contribution < -0.4 is 19.3 Å². The summed E-state index contributed by atoms with van der Waals surface area (Å²) >= 11 is 0. The third kappa shape index (κ3) is 4.67. The summed E-state index contributed by atoms with van der Waals surface area (Å²) in [5.74, 6) is 7.31. The Hall–Kier alpha value is -4.80. The maximum atomic E-state index is 6.12. The monoisotopic (exact) mass is 510 g/mol. The highest BCUT2D eigenvalue weighted by molar-refractivity contribution is 5.57. The van der Waals surface area contributed by atoms with Crippen molar-refractivity contribution in [3.8, 4) is 36.2 Å². The van der Waals surface area contributed by atoms with E-state index in [1.165, 1.54) is 22.3 Å². The van der Waals surface area contributed by atoms with Crippen LogP contribution in [0.4, 0.5) is 11.4 Å². The quantitative estimate of drug-likeness (QED) is 0.286. The summed E-state index contributed by atoms with van der Waals surface area (Å²) in [6.07, 6.45) is 11.2. The van der Waals surface area contributed by atoms with Crippen molar-refractivity contribution in [1.29, 1.82) is 0 Å². The summed E-state index contributed by atoms with van der Waals surface area (Å²) in [6, 6.07) is 29.2. The molecule has 2 aliphatic heterocycles. The highest BCUT2D eigenvalue weighted by atomic mass is 16.5. The molecule has 4 aromatic rings. The van der Waals surface area contributed by atoms with Crippen molar-refractivity contribution in [1.82, 2.24) is 0 Å². The van der Waals surface area contributed by atoms with Gasteiger partial charge < -0.3 is 19.3 Å². The van der Waals surface area contributed by atoms with Crippen LogP contribution in [0.2, 0.25) is 0 Å². The predicted molar refractivity (Wildman–Crippen MR) is 157 cm³/mol. The van der Waals surface area contributed by atoms with E-state index in [2.05, 4.69) is 84.0 Å². The van der Waals surface area contributed by atoms with Crippen LogP contribution in [0.25, 0.3) is 0 Å². The van der Waals surface area contributed by atoms with E-state index in [1.807, 2.05) is 36.4 Å². The van der Waals surface area contributed by atoms with E-state index >= 15 is 0 Å². The number of terminal acetylenes is 2. The first-order valence-corrected chi connectivity index (χ1v) is 13.1. The lowest BCUT2D eigenvalue weighted by molar-refractivity contribution is 0.288. The van der Waals surface area contributed by atoms with Crippen LogP contribution in [0.15, 0.2) is 84.9 Å². The Balaban J connectivity index is 1.27. The molecule has 0 saturated carbocycles. The van der Waals surface area contributed by atoms with Gasteiger partial charge in [0.2, 0.25) is 0 Å². The van der Waals surface area contributed by atoms with Crippen LogP contribution in [-0.4, -0.2) is 13.5 Å². The first-order chi connectivity index (χ1) is 18.9. The van der Waals surface area contributed by atoms with Crippen molar-refractivity contribution < 1.29 is 9.47 Å². The average Bonchev–Trinajstić information content (AvgIpc) is 3.00. The van der Waals surface area contributed by atoms with Crippen molar-refractivity contribution in [2.45, 2.75) is 32.4 Å². The fourth-order valence-corrected chi connectivity index (χ4v) is 5.35. The number of nitrogens with zero attached hydrogens (tertiary/aromatic N) is 2. The largest absolute Gasteiger partial charge is 0.473 e. The molecule has 0 atom stereocenters. The van der Waals surface area contributed by atoms with Gasteiger partial charge in [-0.05, 0) is 71.8 Å². The lowest BCUT2D eigenvalue weighted by atomic mass is 9.77. The number of fused-ring (bicyclic) bond motifs is 2. The molecule has 39 heavy (non-hydrogen) atoms. The van der Waals surface area contributed by atoms with Gasteiger partial charge in [-0.3, -0.25) is 0 Å². The Morgan fingerprint density at radius 2 is 1.10 bits per heavy atom. The second-order valence-electron chi connectivity index (χ2n) is 10.6. The van der Waals surface area contributed by atoms with Gasteiger partial charge in [-0.2, -0.15) is 0 Å². The molecular formula is C35H30N2O2. The van der Waals surface area contributed by atoms with Crippen LogP contribution >= 0.6 is 0 Å². The van der Waals surface area contributed by atoms with Crippen LogP contribution in [0.5, 0.6) is 11.5 Å². The average molecular weight is 511 g/mol. The molecule has 4 aromatic carbocycles. The van der Waals surface area contributed by atoms with Crippen LogP contribution in [0, 0.1) is 24.7 Å². The topological polar surface area (TPSA) is 24.9 Å². The second kappa shape index (κ2) is 9.82. The van der Waals surface area contributed by atoms with Gasteiger partial charge in [-0.1, -0.05) is 50.0 Å². The molecule has 0 N–H and O–H groups in total. The van der Waals surface area contributed by atoms with Crippen molar-refractivity contribution in [3.05, 3.63) is 118 Å². The zero-order valence-corrected chi connectivity index (χ0v) is 22.3. The van der Waals surface area contributed by atoms with Crippen molar-refractivity contribution >= 4 is 11.4 Å². The minimum absolute atomic E-state index is 0.221. The highest BCUT2D eigenvalue weighted by Gasteiger charge is 2.28. The SMILES string of the molecule is C#Cc1cccc(N2COc3ccc(C(C)(C)c4ccc5c(c4)CN(c4cccc(C#C)c4)CO5)cc3C2)c1. The highest BCUT2D eigenvalue weighted by Crippen LogP contribution is 2.39. The summed E-state index contributed by atoms with van der Waals surface area (Å²) in [4.78, 5) is 4.42. The van der Waals surface area contributed by atoms with Gasteiger partial charge in [0.25, 0.3) is 0 Å². The lowest BCUT2D eigenvalue weighted by Crippen LogP contribution is -2.33. The van der Waals surface area contributed by atoms with Crippen LogP contribution in [-0.2, 0) is 18.5 Å². The summed E-state index contributed by atoms with van der Waals surface area (Å²) in [5, 5.41) is 0. The minimum atomic E-state index is -0.221. The first kappa shape index (κ1) is 24.5. The molecule has 0 aliphatic carbocycles. The number of hydrogen-bond donors (Lipinski definition) is 0. The molecule has 0 radical (unpaired) electrons. The van der Waals surface area contributed by atoms with Crippen molar-refractivity contribution in [2.75, 3.05) is 23.3 Å². The summed E-state index contributed by atoms with van der Waals surface area (Å²) in [6.45, 7) is 7.05. The molecule has 0 unspecified atom stereocenters. The molecule has 0 amide bonds. The van der Waals surface area contributed by atoms with E-state index in [4.69, 9.17) is 22.3 Å². The summed E-state index contributed by atoms with van der Waals surface area (Å²) in [7, 11) is 0. The van der Waals surface area contributed by atoms with Gasteiger partial charge in [0, 0.05) is 52.1 Å². The Morgan fingerprint density at radius 3 is 1.54 bits per heavy atom. The third-order valence-electron chi connectivity index (χ3n) is 7.79. The molecule has 6 rings (SSSR count). The van der Waals surface area contributed by atoms with Gasteiger partial charge in [-0.25, -0.2) is 0 Å². The van der Waals surface area contributed by atoms with Gasteiger partial charge in [0.05, 0.1) is 0 Å². The van der Waals surface area contributed by atoms with E-state index in [1.54, 1.807) is 0 Å². The Bertz CT molecular complexity index is 1520. The maximum Gasteiger partial charge on any atom is 0.161 e. The smallest absolute Gasteiger partial charge is 0.161 e. The first-order valence-electron chi connectivity index (χ1n) is 13.1. The molecule has 2 heterocycles. The molecule has 192 valence electrons. The van der Waals surface area contributed by atoms with Gasteiger partial charge in [0.1, 0.15) is 11.5 Å². The second-order valence-corrected chi connectivity index (χ2v) is 10.6. The molecule has 0 spiro atoms. The van der Waals surface area contributed by atoms with E-state index in [-0.39, 0.29) is 5.41 Å². The van der Waals surface area contributed by atoms with Gasteiger partial charge in [-0.15, -0.1) is 12.8 Å². The Morgan fingerprint density at radius 1 is 0.641 bits per heavy atom. The van der Waals surface area contributed by atoms with E-state index < -0.39 is 0 Å². The molecule has 4 nitrogen and oxygen atoms in total. The fraction of sp³-hybridized carbons (Fsp3) is 0.200. The molecule has 2 aliphatic rings. The third-order valence-corrected chi connectivity index (χ3v) is 7.79. The molecule has 0 aromatic heterocycles. The van der Waals surface area contributed by atoms with Gasteiger partial charge in [0.15, 0.2) is 13.5 Å². The minimum Gasteiger partial charge on any atom is -0.473 e. The van der Waals surface area contributed by atoms with Crippen molar-refractivity contribution in [3.63, 3.8) is 0 Å². The van der Waals surface area contributed by atoms with E-state index in [0.717, 1.165) is 47.1 Å². The summed E-state index contributed by atoms with van der Waals surface area (Å²) in [5.41, 5.74) is 8.44. The Kier molecular flexibility index (Phi) is 6.18. The maximum absolute atomic E-state index is 6.12. The van der Waals surface area contributed by atoms with Crippen LogP contribution in [0.3, 0.4) is 0 Å². The lowest BCUT2D eigenvalue weighted by Gasteiger charge is -2.34. The number of anilines is 2. The molecule has 0 saturated heterocycles. The molecule has 0 fully saturated rings. The van der Waals surface area contributed by atoms with E-state index in [0.29, 0.717) is 13.5 Å². The normalized spacial score (nSPS) is 14.3. The number of rotatable bonds is 4. The standard InChI is InChI=1S/C35H30N2O2/c1-5-25-9-7-11-31(17-25)36-21-27-19-29(13-15-33(27)38-23-36)35(3,4)30-14-16-34-28(20-30)22-37(24-39-34)32-12-8-10-26(6-2)18-32/h1-2,7-20H,21-24H2,3-4H3. The van der Waals surface area contributed by atoms with Crippen molar-refractivity contribution in [2.24, 2.45) is 0 Å². The molecule has 0 bridgehead atoms. The zero-order valence-electron chi connectivity index (χ0n) is 22.3. The van der Waals surface area contributed by atoms with E-state index in [9.17, 15) is 0 Å². The fourth-order valence-electron chi connectivity index (χ4n) is 5.35. The molecular weight excluding hydrogens is 480 g/mol. The van der Waals surface area contributed by atoms with Crippen LogP contribution in [0.1, 0.15) is 47.2 Å². The van der Waals surface area contributed by atoms with Gasteiger partial charge >= 0.3 is 0 Å². The number of hydrogen-bond acceptors (Lipinski definition) is 4. The zero-order chi connectivity index (χ0) is 27.0. The predicted octanol–water partition coefficient (Wildman–Crippen LogP) is 6.69. The number of ether oxygens (including phenoxy) is 2. The molecule has 4 heteroatoms. The Labute approximate surface area is 230 Å². The summed E-state index contributed by atoms with van der Waals surface area (Å²) < 4.78 is 12.2.